The van der Waals surface area contributed by atoms with E-state index in [-0.39, 0.29) is 6.04 Å². The van der Waals surface area contributed by atoms with Gasteiger partial charge in [-0.2, -0.15) is 0 Å². The van der Waals surface area contributed by atoms with Crippen LogP contribution in [-0.4, -0.2) is 23.7 Å². The van der Waals surface area contributed by atoms with Crippen LogP contribution < -0.4 is 5.32 Å². The van der Waals surface area contributed by atoms with Crippen LogP contribution in [0.2, 0.25) is 5.02 Å². The minimum Gasteiger partial charge on any atom is -0.385 e. The third kappa shape index (κ3) is 4.18. The van der Waals surface area contributed by atoms with Crippen molar-refractivity contribution in [3.8, 4) is 0 Å². The lowest BCUT2D eigenvalue weighted by Gasteiger charge is -2.19. The van der Waals surface area contributed by atoms with E-state index in [1.165, 1.54) is 0 Å². The molecule has 1 heterocycles. The number of anilines is 1. The van der Waals surface area contributed by atoms with Crippen molar-refractivity contribution in [2.45, 2.75) is 19.4 Å². The van der Waals surface area contributed by atoms with Gasteiger partial charge in [-0.15, -0.1) is 0 Å². The lowest BCUT2D eigenvalue weighted by Crippen LogP contribution is -2.15. The lowest BCUT2D eigenvalue weighted by atomic mass is 10.0. The number of nitrogens with zero attached hydrogens (tertiary/aromatic N) is 2. The molecule has 0 fully saturated rings. The fourth-order valence-corrected chi connectivity index (χ4v) is 2.05. The van der Waals surface area contributed by atoms with Crippen LogP contribution in [0.3, 0.4) is 0 Å². The first kappa shape index (κ1) is 14.8. The maximum atomic E-state index is 5.93. The van der Waals surface area contributed by atoms with Gasteiger partial charge in [-0.25, -0.2) is 9.97 Å². The Kier molecular flexibility index (Phi) is 5.32. The van der Waals surface area contributed by atoms with Gasteiger partial charge in [0.1, 0.15) is 0 Å². The second-order valence-electron chi connectivity index (χ2n) is 4.55. The molecule has 1 aromatic heterocycles. The summed E-state index contributed by atoms with van der Waals surface area (Å²) in [5, 5.41) is 4.07. The molecule has 0 amide bonds. The molecule has 2 rings (SSSR count). The van der Waals surface area contributed by atoms with E-state index in [9.17, 15) is 0 Å². The fourth-order valence-electron chi connectivity index (χ4n) is 1.93. The molecule has 0 radical (unpaired) electrons. The van der Waals surface area contributed by atoms with E-state index in [1.54, 1.807) is 13.3 Å². The van der Waals surface area contributed by atoms with Gasteiger partial charge in [-0.3, -0.25) is 0 Å². The Morgan fingerprint density at radius 2 is 2.00 bits per heavy atom. The van der Waals surface area contributed by atoms with E-state index in [0.29, 0.717) is 12.6 Å². The van der Waals surface area contributed by atoms with Crippen molar-refractivity contribution in [3.05, 3.63) is 52.8 Å². The van der Waals surface area contributed by atoms with Gasteiger partial charge in [0.15, 0.2) is 0 Å². The van der Waals surface area contributed by atoms with E-state index in [0.717, 1.165) is 22.7 Å². The molecule has 5 heteroatoms. The minimum atomic E-state index is 0.0917. The van der Waals surface area contributed by atoms with Crippen LogP contribution in [-0.2, 0) is 4.74 Å². The van der Waals surface area contributed by atoms with E-state index >= 15 is 0 Å². The van der Waals surface area contributed by atoms with Crippen molar-refractivity contribution in [2.75, 3.05) is 19.0 Å². The average Bonchev–Trinajstić information content (AvgIpc) is 2.44. The Morgan fingerprint density at radius 3 is 2.65 bits per heavy atom. The summed E-state index contributed by atoms with van der Waals surface area (Å²) in [5.41, 5.74) is 2.07. The standard InChI is InChI=1S/C15H18ClN3O/c1-11-7-9-17-15(18-11)19-14(8-10-20-2)12-3-5-13(16)6-4-12/h3-7,9,14H,8,10H2,1-2H3,(H,17,18,19). The number of nitrogens with one attached hydrogen (secondary N) is 1. The first-order chi connectivity index (χ1) is 9.69. The number of methoxy groups -OCH3 is 1. The van der Waals surface area contributed by atoms with E-state index < -0.39 is 0 Å². The summed E-state index contributed by atoms with van der Waals surface area (Å²) >= 11 is 5.93. The van der Waals surface area contributed by atoms with Gasteiger partial charge in [0.05, 0.1) is 6.04 Å². The molecular weight excluding hydrogens is 274 g/mol. The zero-order valence-electron chi connectivity index (χ0n) is 11.6. The van der Waals surface area contributed by atoms with Crippen molar-refractivity contribution in [1.29, 1.82) is 0 Å². The van der Waals surface area contributed by atoms with E-state index in [2.05, 4.69) is 15.3 Å². The molecule has 0 saturated heterocycles. The summed E-state index contributed by atoms with van der Waals surface area (Å²) in [6, 6.07) is 9.74. The quantitative estimate of drug-likeness (QED) is 0.883. The van der Waals surface area contributed by atoms with Gasteiger partial charge in [0, 0.05) is 30.6 Å². The van der Waals surface area contributed by atoms with Gasteiger partial charge in [-0.05, 0) is 37.1 Å². The molecular formula is C15H18ClN3O. The molecule has 1 N–H and O–H groups in total. The van der Waals surface area contributed by atoms with Crippen LogP contribution in [0, 0.1) is 6.92 Å². The summed E-state index contributed by atoms with van der Waals surface area (Å²) < 4.78 is 5.17. The number of hydrogen-bond acceptors (Lipinski definition) is 4. The number of aryl methyl sites for hydroxylation is 1. The van der Waals surface area contributed by atoms with Gasteiger partial charge in [-0.1, -0.05) is 23.7 Å². The zero-order valence-corrected chi connectivity index (χ0v) is 12.4. The first-order valence-corrected chi connectivity index (χ1v) is 6.87. The van der Waals surface area contributed by atoms with Crippen molar-refractivity contribution in [3.63, 3.8) is 0 Å². The molecule has 1 unspecified atom stereocenters. The van der Waals surface area contributed by atoms with Gasteiger partial charge < -0.3 is 10.1 Å². The Balaban J connectivity index is 2.16. The highest BCUT2D eigenvalue weighted by Gasteiger charge is 2.12. The van der Waals surface area contributed by atoms with E-state index in [1.807, 2.05) is 37.3 Å². The van der Waals surface area contributed by atoms with Gasteiger partial charge in [0.2, 0.25) is 5.95 Å². The van der Waals surface area contributed by atoms with Crippen LogP contribution in [0.5, 0.6) is 0 Å². The molecule has 0 aliphatic rings. The SMILES string of the molecule is COCCC(Nc1nccc(C)n1)c1ccc(Cl)cc1. The lowest BCUT2D eigenvalue weighted by molar-refractivity contribution is 0.190. The molecule has 2 aromatic rings. The molecule has 0 saturated carbocycles. The van der Waals surface area contributed by atoms with Crippen molar-refractivity contribution < 1.29 is 4.74 Å². The van der Waals surface area contributed by atoms with E-state index in [4.69, 9.17) is 16.3 Å². The Bertz CT molecular complexity index is 545. The van der Waals surface area contributed by atoms with Crippen molar-refractivity contribution >= 4 is 17.5 Å². The maximum Gasteiger partial charge on any atom is 0.223 e. The van der Waals surface area contributed by atoms with Crippen molar-refractivity contribution in [2.24, 2.45) is 0 Å². The summed E-state index contributed by atoms with van der Waals surface area (Å²) in [4.78, 5) is 8.62. The molecule has 1 atom stereocenters. The third-order valence-corrected chi connectivity index (χ3v) is 3.23. The molecule has 0 bridgehead atoms. The zero-order chi connectivity index (χ0) is 14.4. The molecule has 0 spiro atoms. The molecule has 20 heavy (non-hydrogen) atoms. The largest absolute Gasteiger partial charge is 0.385 e. The van der Waals surface area contributed by atoms with Crippen LogP contribution in [0.4, 0.5) is 5.95 Å². The summed E-state index contributed by atoms with van der Waals surface area (Å²) in [7, 11) is 1.70. The Labute approximate surface area is 124 Å². The number of aromatic nitrogens is 2. The van der Waals surface area contributed by atoms with Crippen LogP contribution in [0.15, 0.2) is 36.5 Å². The highest BCUT2D eigenvalue weighted by molar-refractivity contribution is 6.30. The second-order valence-corrected chi connectivity index (χ2v) is 4.99. The van der Waals surface area contributed by atoms with Gasteiger partial charge in [0.25, 0.3) is 0 Å². The molecule has 0 aliphatic heterocycles. The number of halogens is 1. The Morgan fingerprint density at radius 1 is 1.25 bits per heavy atom. The van der Waals surface area contributed by atoms with Crippen LogP contribution in [0.1, 0.15) is 23.7 Å². The minimum absolute atomic E-state index is 0.0917. The molecule has 106 valence electrons. The predicted molar refractivity (Wildman–Crippen MR) is 81.1 cm³/mol. The number of ether oxygens (including phenoxy) is 1. The molecule has 0 aliphatic carbocycles. The van der Waals surface area contributed by atoms with Crippen LogP contribution >= 0.6 is 11.6 Å². The molecule has 4 nitrogen and oxygen atoms in total. The van der Waals surface area contributed by atoms with Crippen LogP contribution in [0.25, 0.3) is 0 Å². The number of hydrogen-bond donors (Lipinski definition) is 1. The van der Waals surface area contributed by atoms with Crippen molar-refractivity contribution in [1.82, 2.24) is 9.97 Å². The summed E-state index contributed by atoms with van der Waals surface area (Å²) in [6.45, 7) is 2.60. The van der Waals surface area contributed by atoms with Gasteiger partial charge >= 0.3 is 0 Å². The smallest absolute Gasteiger partial charge is 0.223 e. The number of benzene rings is 1. The summed E-state index contributed by atoms with van der Waals surface area (Å²) in [5.74, 6) is 0.626. The monoisotopic (exact) mass is 291 g/mol. The summed E-state index contributed by atoms with van der Waals surface area (Å²) in [6.07, 6.45) is 2.58. The Hall–Kier alpha value is -1.65. The fraction of sp³-hybridized carbons (Fsp3) is 0.333. The maximum absolute atomic E-state index is 5.93. The predicted octanol–water partition coefficient (Wildman–Crippen LogP) is 3.63. The molecule has 1 aromatic carbocycles. The highest BCUT2D eigenvalue weighted by atomic mass is 35.5. The second kappa shape index (κ2) is 7.22. The highest BCUT2D eigenvalue weighted by Crippen LogP contribution is 2.22. The number of rotatable bonds is 6. The topological polar surface area (TPSA) is 47.0 Å². The normalized spacial score (nSPS) is 12.2. The average molecular weight is 292 g/mol. The first-order valence-electron chi connectivity index (χ1n) is 6.49. The third-order valence-electron chi connectivity index (χ3n) is 2.98.